The maximum absolute atomic E-state index is 11.9. The van der Waals surface area contributed by atoms with E-state index in [9.17, 15) is 9.59 Å². The zero-order valence-electron chi connectivity index (χ0n) is 15.1. The Morgan fingerprint density at radius 1 is 1.27 bits per heavy atom. The molecule has 1 aromatic carbocycles. The molecule has 26 heavy (non-hydrogen) atoms. The molecule has 2 rings (SSSR count). The summed E-state index contributed by atoms with van der Waals surface area (Å²) in [6.07, 6.45) is 0.822. The van der Waals surface area contributed by atoms with Crippen LogP contribution in [0.2, 0.25) is 0 Å². The summed E-state index contributed by atoms with van der Waals surface area (Å²) in [4.78, 5) is 29.2. The third-order valence-electron chi connectivity index (χ3n) is 3.28. The number of nitrogens with one attached hydrogen (secondary N) is 2. The van der Waals surface area contributed by atoms with Crippen LogP contribution in [0.5, 0.6) is 5.75 Å². The second kappa shape index (κ2) is 9.52. The van der Waals surface area contributed by atoms with Crippen LogP contribution in [-0.4, -0.2) is 54.0 Å². The maximum Gasteiger partial charge on any atom is 0.316 e. The molecular weight excluding hydrogens is 338 g/mol. The van der Waals surface area contributed by atoms with Gasteiger partial charge in [0.05, 0.1) is 5.69 Å². The first-order valence-corrected chi connectivity index (χ1v) is 8.20. The molecule has 0 atom stereocenters. The number of aromatic nitrogens is 2. The van der Waals surface area contributed by atoms with E-state index in [1.807, 2.05) is 19.0 Å². The lowest BCUT2D eigenvalue weighted by Gasteiger charge is -2.09. The van der Waals surface area contributed by atoms with Crippen molar-refractivity contribution in [3.05, 3.63) is 36.0 Å². The van der Waals surface area contributed by atoms with Crippen LogP contribution in [0, 0.1) is 0 Å². The summed E-state index contributed by atoms with van der Waals surface area (Å²) in [7, 11) is 3.94. The molecule has 0 spiro atoms. The van der Waals surface area contributed by atoms with Crippen molar-refractivity contribution in [2.45, 2.75) is 20.0 Å². The number of benzene rings is 1. The van der Waals surface area contributed by atoms with E-state index in [-0.39, 0.29) is 24.2 Å². The molecule has 0 aliphatic rings. The van der Waals surface area contributed by atoms with Gasteiger partial charge in [-0.2, -0.15) is 4.98 Å². The predicted molar refractivity (Wildman–Crippen MR) is 94.9 cm³/mol. The Balaban J connectivity index is 1.87. The van der Waals surface area contributed by atoms with Gasteiger partial charge >= 0.3 is 11.8 Å². The molecule has 2 amide bonds. The molecule has 0 unspecified atom stereocenters. The van der Waals surface area contributed by atoms with Crippen molar-refractivity contribution in [3.63, 3.8) is 0 Å². The molecule has 0 aliphatic carbocycles. The summed E-state index contributed by atoms with van der Waals surface area (Å²) in [6, 6.07) is 7.00. The first kappa shape index (κ1) is 19.4. The van der Waals surface area contributed by atoms with Gasteiger partial charge in [0.25, 0.3) is 0 Å². The van der Waals surface area contributed by atoms with E-state index in [2.05, 4.69) is 20.8 Å². The molecule has 0 saturated heterocycles. The molecule has 0 radical (unpaired) electrons. The van der Waals surface area contributed by atoms with E-state index in [4.69, 9.17) is 9.26 Å². The van der Waals surface area contributed by atoms with Crippen LogP contribution in [0.3, 0.4) is 0 Å². The molecule has 0 saturated carbocycles. The van der Waals surface area contributed by atoms with Crippen LogP contribution in [0.25, 0.3) is 0 Å². The minimum Gasteiger partial charge on any atom is -0.483 e. The van der Waals surface area contributed by atoms with E-state index in [0.717, 1.165) is 13.0 Å². The molecule has 9 heteroatoms. The third-order valence-corrected chi connectivity index (χ3v) is 3.28. The lowest BCUT2D eigenvalue weighted by atomic mass is 10.3. The Bertz CT molecular complexity index is 744. The number of hydrogen-bond donors (Lipinski definition) is 2. The fourth-order valence-electron chi connectivity index (χ4n) is 2.11. The molecule has 1 heterocycles. The van der Waals surface area contributed by atoms with Crippen molar-refractivity contribution < 1.29 is 18.8 Å². The minimum atomic E-state index is -0.416. The number of nitrogens with zero attached hydrogens (tertiary/aromatic N) is 3. The van der Waals surface area contributed by atoms with Gasteiger partial charge in [0, 0.05) is 13.5 Å². The zero-order chi connectivity index (χ0) is 18.9. The molecule has 0 bridgehead atoms. The van der Waals surface area contributed by atoms with Crippen molar-refractivity contribution in [1.29, 1.82) is 0 Å². The molecule has 9 nitrogen and oxygen atoms in total. The minimum absolute atomic E-state index is 0.00794. The van der Waals surface area contributed by atoms with Crippen molar-refractivity contribution >= 4 is 17.5 Å². The summed E-state index contributed by atoms with van der Waals surface area (Å²) in [5.41, 5.74) is 0.544. The Morgan fingerprint density at radius 2 is 2.04 bits per heavy atom. The van der Waals surface area contributed by atoms with Crippen LogP contribution in [0.1, 0.15) is 29.9 Å². The van der Waals surface area contributed by atoms with Gasteiger partial charge in [-0.05, 0) is 39.2 Å². The predicted octanol–water partition coefficient (Wildman–Crippen LogP) is 1.29. The smallest absolute Gasteiger partial charge is 0.316 e. The number of amides is 2. The Kier molecular flexibility index (Phi) is 7.10. The van der Waals surface area contributed by atoms with Crippen LogP contribution < -0.4 is 15.4 Å². The first-order chi connectivity index (χ1) is 12.5. The molecular formula is C17H23N5O4. The van der Waals surface area contributed by atoms with E-state index in [1.165, 1.54) is 6.92 Å². The lowest BCUT2D eigenvalue weighted by Crippen LogP contribution is -2.27. The second-order valence-corrected chi connectivity index (χ2v) is 5.89. The highest BCUT2D eigenvalue weighted by Gasteiger charge is 2.15. The highest BCUT2D eigenvalue weighted by molar-refractivity contribution is 5.90. The number of hydrogen-bond acceptors (Lipinski definition) is 7. The van der Waals surface area contributed by atoms with Gasteiger partial charge in [0.2, 0.25) is 11.7 Å². The van der Waals surface area contributed by atoms with Gasteiger partial charge in [0.15, 0.2) is 6.61 Å². The third kappa shape index (κ3) is 6.17. The largest absolute Gasteiger partial charge is 0.483 e. The van der Waals surface area contributed by atoms with Gasteiger partial charge in [-0.15, -0.1) is 0 Å². The van der Waals surface area contributed by atoms with Crippen molar-refractivity contribution in [2.75, 3.05) is 32.5 Å². The first-order valence-electron chi connectivity index (χ1n) is 8.20. The van der Waals surface area contributed by atoms with Crippen LogP contribution >= 0.6 is 0 Å². The average molecular weight is 361 g/mol. The van der Waals surface area contributed by atoms with Crippen molar-refractivity contribution in [2.24, 2.45) is 0 Å². The molecule has 2 N–H and O–H groups in total. The van der Waals surface area contributed by atoms with Gasteiger partial charge in [-0.1, -0.05) is 17.3 Å². The van der Waals surface area contributed by atoms with Crippen LogP contribution in [0.15, 0.2) is 28.8 Å². The fourth-order valence-corrected chi connectivity index (χ4v) is 2.11. The fraction of sp³-hybridized carbons (Fsp3) is 0.412. The van der Waals surface area contributed by atoms with Gasteiger partial charge in [0.1, 0.15) is 5.75 Å². The van der Waals surface area contributed by atoms with Crippen LogP contribution in [-0.2, 0) is 11.4 Å². The van der Waals surface area contributed by atoms with E-state index >= 15 is 0 Å². The molecule has 0 fully saturated rings. The summed E-state index contributed by atoms with van der Waals surface area (Å²) in [5, 5.41) is 9.13. The zero-order valence-corrected chi connectivity index (χ0v) is 15.1. The number of carbonyl (C=O) groups excluding carboxylic acids is 2. The highest BCUT2D eigenvalue weighted by Crippen LogP contribution is 2.24. The van der Waals surface area contributed by atoms with E-state index in [0.29, 0.717) is 18.0 Å². The van der Waals surface area contributed by atoms with Gasteiger partial charge < -0.3 is 24.8 Å². The van der Waals surface area contributed by atoms with Crippen molar-refractivity contribution in [3.8, 4) is 5.75 Å². The molecule has 140 valence electrons. The topological polar surface area (TPSA) is 110 Å². The molecule has 0 aliphatic heterocycles. The standard InChI is InChI=1S/C17H23N5O4/c1-12(23)19-13-7-4-5-8-14(13)25-11-15-20-17(26-21-15)16(24)18-9-6-10-22(2)3/h4-5,7-8H,6,9-11H2,1-3H3,(H,18,24)(H,19,23). The lowest BCUT2D eigenvalue weighted by molar-refractivity contribution is -0.114. The van der Waals surface area contributed by atoms with Gasteiger partial charge in [-0.25, -0.2) is 0 Å². The average Bonchev–Trinajstić information content (AvgIpc) is 3.06. The summed E-state index contributed by atoms with van der Waals surface area (Å²) in [5.74, 6) is -0.0122. The number of rotatable bonds is 9. The van der Waals surface area contributed by atoms with Crippen molar-refractivity contribution in [1.82, 2.24) is 20.4 Å². The summed E-state index contributed by atoms with van der Waals surface area (Å²) >= 11 is 0. The summed E-state index contributed by atoms with van der Waals surface area (Å²) < 4.78 is 10.6. The number of carbonyl (C=O) groups is 2. The summed E-state index contributed by atoms with van der Waals surface area (Å²) in [6.45, 7) is 2.82. The van der Waals surface area contributed by atoms with E-state index in [1.54, 1.807) is 24.3 Å². The highest BCUT2D eigenvalue weighted by atomic mass is 16.5. The van der Waals surface area contributed by atoms with Gasteiger partial charge in [-0.3, -0.25) is 9.59 Å². The Morgan fingerprint density at radius 3 is 2.77 bits per heavy atom. The molecule has 1 aromatic heterocycles. The number of anilines is 1. The van der Waals surface area contributed by atoms with E-state index < -0.39 is 5.91 Å². The van der Waals surface area contributed by atoms with Crippen LogP contribution in [0.4, 0.5) is 5.69 Å². The Hall–Kier alpha value is -2.94. The number of para-hydroxylation sites is 2. The quantitative estimate of drug-likeness (QED) is 0.648. The maximum atomic E-state index is 11.9. The Labute approximate surface area is 151 Å². The molecule has 2 aromatic rings. The second-order valence-electron chi connectivity index (χ2n) is 5.89. The monoisotopic (exact) mass is 361 g/mol. The SMILES string of the molecule is CC(=O)Nc1ccccc1OCc1noc(C(=O)NCCCN(C)C)n1. The normalized spacial score (nSPS) is 10.6. The number of ether oxygens (including phenoxy) is 1.